The van der Waals surface area contributed by atoms with Gasteiger partial charge in [-0.25, -0.2) is 13.4 Å². The second kappa shape index (κ2) is 18.6. The summed E-state index contributed by atoms with van der Waals surface area (Å²) in [4.78, 5) is 34.8. The third-order valence-corrected chi connectivity index (χ3v) is 11.8. The van der Waals surface area contributed by atoms with Crippen LogP contribution in [0.25, 0.3) is 22.5 Å². The highest BCUT2D eigenvalue weighted by Gasteiger charge is 2.27. The Bertz CT molecular complexity index is 2630. The van der Waals surface area contributed by atoms with Crippen LogP contribution in [0.5, 0.6) is 11.5 Å². The Hall–Kier alpha value is -6.49. The summed E-state index contributed by atoms with van der Waals surface area (Å²) in [6, 6.07) is 23.7. The Kier molecular flexibility index (Phi) is 13.4. The minimum atomic E-state index is -3.60. The maximum atomic E-state index is 13.0. The van der Waals surface area contributed by atoms with Gasteiger partial charge in [0.2, 0.25) is 11.9 Å². The van der Waals surface area contributed by atoms with Crippen molar-refractivity contribution in [1.29, 1.82) is 0 Å². The number of para-hydroxylation sites is 1. The first-order valence-corrected chi connectivity index (χ1v) is 21.0. The Balaban J connectivity index is 1.09. The van der Waals surface area contributed by atoms with Crippen LogP contribution >= 0.6 is 11.6 Å². The first-order valence-electron chi connectivity index (χ1n) is 19.1. The zero-order chi connectivity index (χ0) is 43.1. The second-order valence-corrected chi connectivity index (χ2v) is 17.2. The molecule has 0 bridgehead atoms. The number of aromatic nitrogens is 3. The van der Waals surface area contributed by atoms with Crippen LogP contribution in [0.4, 0.5) is 28.8 Å². The highest BCUT2D eigenvalue weighted by Crippen LogP contribution is 2.43. The van der Waals surface area contributed by atoms with Gasteiger partial charge in [0.05, 0.1) is 39.7 Å². The number of phenols is 2. The van der Waals surface area contributed by atoms with Crippen LogP contribution in [0.2, 0.25) is 5.02 Å². The van der Waals surface area contributed by atoms with Crippen molar-refractivity contribution >= 4 is 62.1 Å². The number of nitrogens with zero attached hydrogens (tertiary/aromatic N) is 3. The number of carbonyl (C=O) groups is 2. The molecule has 4 aromatic carbocycles. The lowest BCUT2D eigenvalue weighted by atomic mass is 9.94. The molecular weight excluding hydrogens is 808 g/mol. The molecular formula is C43H45ClN8O7S. The minimum absolute atomic E-state index is 0.00180. The SMILES string of the molecule is CCNC(=O)c1noc(-c2cc(C(C)C)c(O)cc2O)c1-c1ccc(CNCC(=O)Nc2cccc(Nc3ncc(Cl)c(Nc4ccccc4S(=O)(=O)C(C)C)n3)c2)cc1. The van der Waals surface area contributed by atoms with Gasteiger partial charge in [-0.05, 0) is 79.8 Å². The van der Waals surface area contributed by atoms with Crippen molar-refractivity contribution < 1.29 is 32.7 Å². The van der Waals surface area contributed by atoms with Crippen molar-refractivity contribution in [2.24, 2.45) is 0 Å². The normalized spacial score (nSPS) is 11.5. The maximum absolute atomic E-state index is 13.0. The Morgan fingerprint density at radius 3 is 2.33 bits per heavy atom. The molecule has 15 nitrogen and oxygen atoms in total. The number of hydrogen-bond donors (Lipinski definition) is 7. The molecule has 0 atom stereocenters. The molecule has 0 aliphatic carbocycles. The molecule has 7 N–H and O–H groups in total. The number of rotatable bonds is 16. The van der Waals surface area contributed by atoms with E-state index >= 15 is 0 Å². The summed E-state index contributed by atoms with van der Waals surface area (Å²) in [6.07, 6.45) is 1.39. The third-order valence-electron chi connectivity index (χ3n) is 9.33. The van der Waals surface area contributed by atoms with Crippen LogP contribution in [-0.4, -0.2) is 63.9 Å². The van der Waals surface area contributed by atoms with Gasteiger partial charge in [-0.1, -0.05) is 73.1 Å². The van der Waals surface area contributed by atoms with E-state index in [-0.39, 0.29) is 68.6 Å². The van der Waals surface area contributed by atoms with Crippen LogP contribution in [0.3, 0.4) is 0 Å². The van der Waals surface area contributed by atoms with Gasteiger partial charge in [0, 0.05) is 30.5 Å². The number of benzene rings is 4. The zero-order valence-corrected chi connectivity index (χ0v) is 35.1. The van der Waals surface area contributed by atoms with E-state index in [1.165, 1.54) is 18.3 Å². The third kappa shape index (κ3) is 9.85. The first kappa shape index (κ1) is 43.1. The molecule has 60 heavy (non-hydrogen) atoms. The van der Waals surface area contributed by atoms with Gasteiger partial charge in [0.1, 0.15) is 16.5 Å². The number of halogens is 1. The highest BCUT2D eigenvalue weighted by atomic mass is 35.5. The lowest BCUT2D eigenvalue weighted by molar-refractivity contribution is -0.115. The van der Waals surface area contributed by atoms with Crippen LogP contribution in [0, 0.1) is 0 Å². The molecule has 0 radical (unpaired) electrons. The number of nitrogens with one attached hydrogen (secondary N) is 5. The predicted molar refractivity (Wildman–Crippen MR) is 232 cm³/mol. The van der Waals surface area contributed by atoms with Gasteiger partial charge >= 0.3 is 0 Å². The number of aromatic hydroxyl groups is 2. The monoisotopic (exact) mass is 852 g/mol. The molecule has 6 aromatic rings. The number of phenolic OH excluding ortho intramolecular Hbond substituents is 2. The topological polar surface area (TPSA) is 221 Å². The summed E-state index contributed by atoms with van der Waals surface area (Å²) in [7, 11) is -3.60. The molecule has 17 heteroatoms. The summed E-state index contributed by atoms with van der Waals surface area (Å²) < 4.78 is 31.6. The molecule has 0 spiro atoms. The fraction of sp³-hybridized carbons (Fsp3) is 0.233. The van der Waals surface area contributed by atoms with Crippen LogP contribution in [0.1, 0.15) is 62.2 Å². The van der Waals surface area contributed by atoms with E-state index in [9.17, 15) is 28.2 Å². The Morgan fingerprint density at radius 2 is 1.62 bits per heavy atom. The molecule has 0 fully saturated rings. The van der Waals surface area contributed by atoms with Crippen molar-refractivity contribution in [2.75, 3.05) is 29.0 Å². The van der Waals surface area contributed by atoms with Crippen LogP contribution in [-0.2, 0) is 21.2 Å². The standard InChI is InChI=1S/C43H45ClN8O7S/c1-6-46-42(56)39-38(40(59-52-39)31-19-30(24(2)3)34(53)20-35(31)54)27-16-14-26(15-17-27)21-45-23-37(55)48-28-10-9-11-29(18-28)49-43-47-22-32(44)41(51-43)50-33-12-7-8-13-36(33)60(57,58)25(4)5/h7-20,22,24-25,45,53-54H,6,21,23H2,1-5H3,(H,46,56)(H,48,55)(H2,47,49,50,51). The summed E-state index contributed by atoms with van der Waals surface area (Å²) in [5, 5.41) is 39.7. The van der Waals surface area contributed by atoms with E-state index < -0.39 is 21.0 Å². The van der Waals surface area contributed by atoms with Crippen molar-refractivity contribution in [1.82, 2.24) is 25.8 Å². The lowest BCUT2D eigenvalue weighted by Crippen LogP contribution is -2.27. The Labute approximate surface area is 352 Å². The molecule has 312 valence electrons. The van der Waals surface area contributed by atoms with E-state index in [0.29, 0.717) is 46.8 Å². The fourth-order valence-electron chi connectivity index (χ4n) is 6.21. The largest absolute Gasteiger partial charge is 0.508 e. The van der Waals surface area contributed by atoms with Gasteiger partial charge in [0.25, 0.3) is 5.91 Å². The summed E-state index contributed by atoms with van der Waals surface area (Å²) in [5.74, 6) is -0.500. The number of carbonyl (C=O) groups excluding carboxylic acids is 2. The minimum Gasteiger partial charge on any atom is -0.508 e. The molecule has 0 aliphatic heterocycles. The Morgan fingerprint density at radius 1 is 0.883 bits per heavy atom. The van der Waals surface area contributed by atoms with Gasteiger partial charge in [0.15, 0.2) is 27.1 Å². The van der Waals surface area contributed by atoms with E-state index in [2.05, 4.69) is 41.7 Å². The van der Waals surface area contributed by atoms with E-state index in [1.54, 1.807) is 81.4 Å². The first-order chi connectivity index (χ1) is 28.7. The van der Waals surface area contributed by atoms with Crippen molar-refractivity contribution in [3.63, 3.8) is 0 Å². The molecule has 0 unspecified atom stereocenters. The van der Waals surface area contributed by atoms with Gasteiger partial charge in [-0.2, -0.15) is 4.98 Å². The number of hydrogen-bond acceptors (Lipinski definition) is 13. The highest BCUT2D eigenvalue weighted by molar-refractivity contribution is 7.92. The zero-order valence-electron chi connectivity index (χ0n) is 33.5. The van der Waals surface area contributed by atoms with Crippen LogP contribution < -0.4 is 26.6 Å². The van der Waals surface area contributed by atoms with Gasteiger partial charge in [-0.3, -0.25) is 9.59 Å². The van der Waals surface area contributed by atoms with Crippen molar-refractivity contribution in [2.45, 2.75) is 57.2 Å². The average Bonchev–Trinajstić information content (AvgIpc) is 3.65. The van der Waals surface area contributed by atoms with E-state index in [1.807, 2.05) is 26.0 Å². The maximum Gasteiger partial charge on any atom is 0.274 e. The summed E-state index contributed by atoms with van der Waals surface area (Å²) in [5.41, 5.74) is 4.19. The van der Waals surface area contributed by atoms with E-state index in [4.69, 9.17) is 16.1 Å². The van der Waals surface area contributed by atoms with Crippen LogP contribution in [0.15, 0.2) is 101 Å². The fourth-order valence-corrected chi connectivity index (χ4v) is 7.55. The molecule has 6 rings (SSSR count). The van der Waals surface area contributed by atoms with Gasteiger partial charge < -0.3 is 41.3 Å². The summed E-state index contributed by atoms with van der Waals surface area (Å²) >= 11 is 6.39. The molecule has 2 aromatic heterocycles. The number of sulfone groups is 1. The summed E-state index contributed by atoms with van der Waals surface area (Å²) in [6.45, 7) is 9.55. The molecule has 2 amide bonds. The number of anilines is 5. The van der Waals surface area contributed by atoms with Crippen molar-refractivity contribution in [3.8, 4) is 33.9 Å². The molecule has 0 saturated carbocycles. The lowest BCUT2D eigenvalue weighted by Gasteiger charge is -2.15. The van der Waals surface area contributed by atoms with Crippen molar-refractivity contribution in [3.05, 3.63) is 113 Å². The average molecular weight is 853 g/mol. The smallest absolute Gasteiger partial charge is 0.274 e. The molecule has 0 saturated heterocycles. The molecule has 0 aliphatic rings. The van der Waals surface area contributed by atoms with Gasteiger partial charge in [-0.15, -0.1) is 0 Å². The number of amides is 2. The molecule has 2 heterocycles. The second-order valence-electron chi connectivity index (χ2n) is 14.3. The predicted octanol–water partition coefficient (Wildman–Crippen LogP) is 8.13. The quantitative estimate of drug-likeness (QED) is 0.0489. The van der Waals surface area contributed by atoms with E-state index in [0.717, 1.165) is 5.56 Å².